The van der Waals surface area contributed by atoms with Crippen LogP contribution in [0.3, 0.4) is 0 Å². The van der Waals surface area contributed by atoms with E-state index < -0.39 is 0 Å². The first kappa shape index (κ1) is 18.3. The van der Waals surface area contributed by atoms with Crippen LogP contribution in [0, 0.1) is 6.92 Å². The molecule has 3 aromatic carbocycles. The fraction of sp³-hybridized carbons (Fsp3) is 0.0909. The second-order valence-corrected chi connectivity index (χ2v) is 7.30. The summed E-state index contributed by atoms with van der Waals surface area (Å²) in [6.07, 6.45) is 0. The molecule has 0 fully saturated rings. The number of nitrogens with zero attached hydrogens (tertiary/aromatic N) is 2. The van der Waals surface area contributed by atoms with Gasteiger partial charge in [0, 0.05) is 21.3 Å². The summed E-state index contributed by atoms with van der Waals surface area (Å²) in [5.74, 6) is 1.80. The van der Waals surface area contributed by atoms with E-state index in [1.165, 1.54) is 0 Å². The van der Waals surface area contributed by atoms with Crippen LogP contribution in [0.1, 0.15) is 11.1 Å². The van der Waals surface area contributed by atoms with Gasteiger partial charge in [-0.15, -0.1) is 0 Å². The number of nitrogens with two attached hydrogens (primary N) is 1. The van der Waals surface area contributed by atoms with Gasteiger partial charge >= 0.3 is 0 Å². The van der Waals surface area contributed by atoms with Crippen molar-refractivity contribution in [2.24, 2.45) is 0 Å². The number of benzene rings is 3. The highest BCUT2D eigenvalue weighted by molar-refractivity contribution is 9.10. The monoisotopic (exact) mass is 435 g/mol. The third kappa shape index (κ3) is 3.92. The number of rotatable bonds is 5. The second kappa shape index (κ2) is 7.86. The first-order chi connectivity index (χ1) is 13.6. The first-order valence-electron chi connectivity index (χ1n) is 8.77. The summed E-state index contributed by atoms with van der Waals surface area (Å²) >= 11 is 3.42. The molecule has 28 heavy (non-hydrogen) atoms. The van der Waals surface area contributed by atoms with Gasteiger partial charge in [0.15, 0.2) is 0 Å². The van der Waals surface area contributed by atoms with Gasteiger partial charge in [-0.2, -0.15) is 4.98 Å². The molecule has 140 valence electrons. The van der Waals surface area contributed by atoms with E-state index in [0.717, 1.165) is 32.5 Å². The number of aromatic nitrogens is 2. The fourth-order valence-electron chi connectivity index (χ4n) is 2.84. The van der Waals surface area contributed by atoms with Crippen molar-refractivity contribution in [1.82, 2.24) is 10.1 Å². The normalized spacial score (nSPS) is 10.8. The number of hydrogen-bond acceptors (Lipinski definition) is 5. The molecule has 0 unspecified atom stereocenters. The Balaban J connectivity index is 1.54. The Morgan fingerprint density at radius 2 is 1.82 bits per heavy atom. The summed E-state index contributed by atoms with van der Waals surface area (Å²) in [6.45, 7) is 2.39. The van der Waals surface area contributed by atoms with Crippen LogP contribution in [0.15, 0.2) is 75.7 Å². The van der Waals surface area contributed by atoms with E-state index >= 15 is 0 Å². The molecule has 0 atom stereocenters. The third-order valence-electron chi connectivity index (χ3n) is 4.44. The molecule has 1 heterocycles. The zero-order valence-electron chi connectivity index (χ0n) is 15.2. The van der Waals surface area contributed by atoms with E-state index in [0.29, 0.717) is 24.0 Å². The van der Waals surface area contributed by atoms with Crippen molar-refractivity contribution in [3.8, 4) is 28.6 Å². The minimum absolute atomic E-state index is 0.449. The van der Waals surface area contributed by atoms with Gasteiger partial charge in [0.05, 0.1) is 0 Å². The number of nitrogen functional groups attached to an aromatic ring is 1. The second-order valence-electron chi connectivity index (χ2n) is 6.39. The molecule has 4 aromatic rings. The molecule has 0 saturated carbocycles. The van der Waals surface area contributed by atoms with Gasteiger partial charge in [-0.05, 0) is 60.5 Å². The Kier molecular flexibility index (Phi) is 5.12. The summed E-state index contributed by atoms with van der Waals surface area (Å²) in [4.78, 5) is 4.54. The maximum absolute atomic E-state index is 5.98. The lowest BCUT2D eigenvalue weighted by Crippen LogP contribution is -1.95. The molecule has 2 N–H and O–H groups in total. The fourth-order valence-corrected chi connectivity index (χ4v) is 3.10. The standard InChI is InChI=1S/C22H18BrN3O2/c1-14-19(6-3-7-20(14)24)21-25-22(28-26-21)16-5-2-4-15(12-16)13-27-18-10-8-17(23)9-11-18/h2-12H,13,24H2,1H3. The minimum Gasteiger partial charge on any atom is -0.489 e. The van der Waals surface area contributed by atoms with E-state index in [1.807, 2.05) is 73.7 Å². The van der Waals surface area contributed by atoms with Crippen LogP contribution in [-0.4, -0.2) is 10.1 Å². The average Bonchev–Trinajstić information content (AvgIpc) is 3.20. The molecule has 0 spiro atoms. The van der Waals surface area contributed by atoms with Crippen molar-refractivity contribution in [3.05, 3.63) is 82.3 Å². The summed E-state index contributed by atoms with van der Waals surface area (Å²) in [6, 6.07) is 21.3. The predicted octanol–water partition coefficient (Wildman–Crippen LogP) is 5.64. The van der Waals surface area contributed by atoms with Gasteiger partial charge in [0.2, 0.25) is 5.82 Å². The molecule has 0 bridgehead atoms. The van der Waals surface area contributed by atoms with E-state index in [2.05, 4.69) is 26.1 Å². The van der Waals surface area contributed by atoms with Crippen molar-refractivity contribution in [1.29, 1.82) is 0 Å². The van der Waals surface area contributed by atoms with Crippen LogP contribution in [-0.2, 0) is 6.61 Å². The van der Waals surface area contributed by atoms with Crippen molar-refractivity contribution >= 4 is 21.6 Å². The molecule has 0 radical (unpaired) electrons. The number of hydrogen-bond donors (Lipinski definition) is 1. The van der Waals surface area contributed by atoms with Crippen LogP contribution in [0.25, 0.3) is 22.8 Å². The summed E-state index contributed by atoms with van der Waals surface area (Å²) in [7, 11) is 0. The average molecular weight is 436 g/mol. The lowest BCUT2D eigenvalue weighted by Gasteiger charge is -2.07. The van der Waals surface area contributed by atoms with E-state index in [1.54, 1.807) is 0 Å². The first-order valence-corrected chi connectivity index (χ1v) is 9.56. The molecule has 0 aliphatic rings. The van der Waals surface area contributed by atoms with Crippen molar-refractivity contribution < 1.29 is 9.26 Å². The number of halogens is 1. The van der Waals surface area contributed by atoms with Crippen molar-refractivity contribution in [2.75, 3.05) is 5.73 Å². The molecule has 1 aromatic heterocycles. The van der Waals surface area contributed by atoms with E-state index in [9.17, 15) is 0 Å². The van der Waals surface area contributed by atoms with Crippen LogP contribution in [0.4, 0.5) is 5.69 Å². The topological polar surface area (TPSA) is 74.2 Å². The SMILES string of the molecule is Cc1c(N)cccc1-c1noc(-c2cccc(COc3ccc(Br)cc3)c2)n1. The van der Waals surface area contributed by atoms with Gasteiger partial charge in [-0.1, -0.05) is 45.4 Å². The molecule has 0 saturated heterocycles. The Bertz CT molecular complexity index is 1110. The molecule has 6 heteroatoms. The Hall–Kier alpha value is -3.12. The molecule has 4 rings (SSSR count). The van der Waals surface area contributed by atoms with Crippen LogP contribution >= 0.6 is 15.9 Å². The highest BCUT2D eigenvalue weighted by Crippen LogP contribution is 2.27. The maximum Gasteiger partial charge on any atom is 0.258 e. The Morgan fingerprint density at radius 1 is 1.04 bits per heavy atom. The quantitative estimate of drug-likeness (QED) is 0.410. The number of anilines is 1. The van der Waals surface area contributed by atoms with Crippen molar-refractivity contribution in [2.45, 2.75) is 13.5 Å². The molecular weight excluding hydrogens is 418 g/mol. The molecule has 5 nitrogen and oxygen atoms in total. The number of ether oxygens (including phenoxy) is 1. The molecular formula is C22H18BrN3O2. The van der Waals surface area contributed by atoms with E-state index in [4.69, 9.17) is 15.0 Å². The highest BCUT2D eigenvalue weighted by atomic mass is 79.9. The third-order valence-corrected chi connectivity index (χ3v) is 4.96. The zero-order chi connectivity index (χ0) is 19.5. The van der Waals surface area contributed by atoms with E-state index in [-0.39, 0.29) is 0 Å². The Morgan fingerprint density at radius 3 is 2.64 bits per heavy atom. The lowest BCUT2D eigenvalue weighted by atomic mass is 10.1. The van der Waals surface area contributed by atoms with Gasteiger partial charge in [0.25, 0.3) is 5.89 Å². The van der Waals surface area contributed by atoms with Gasteiger partial charge < -0.3 is 15.0 Å². The van der Waals surface area contributed by atoms with Crippen LogP contribution in [0.2, 0.25) is 0 Å². The summed E-state index contributed by atoms with van der Waals surface area (Å²) in [5, 5.41) is 4.12. The Labute approximate surface area is 171 Å². The van der Waals surface area contributed by atoms with Gasteiger partial charge in [-0.3, -0.25) is 0 Å². The molecule has 0 amide bonds. The predicted molar refractivity (Wildman–Crippen MR) is 113 cm³/mol. The molecule has 0 aliphatic carbocycles. The summed E-state index contributed by atoms with van der Waals surface area (Å²) in [5.41, 5.74) is 10.3. The lowest BCUT2D eigenvalue weighted by molar-refractivity contribution is 0.306. The largest absolute Gasteiger partial charge is 0.489 e. The van der Waals surface area contributed by atoms with Crippen LogP contribution in [0.5, 0.6) is 5.75 Å². The minimum atomic E-state index is 0.449. The zero-order valence-corrected chi connectivity index (χ0v) is 16.8. The smallest absolute Gasteiger partial charge is 0.258 e. The van der Waals surface area contributed by atoms with Crippen LogP contribution < -0.4 is 10.5 Å². The highest BCUT2D eigenvalue weighted by Gasteiger charge is 2.13. The van der Waals surface area contributed by atoms with Gasteiger partial charge in [0.1, 0.15) is 12.4 Å². The summed E-state index contributed by atoms with van der Waals surface area (Å²) < 4.78 is 12.3. The van der Waals surface area contributed by atoms with Gasteiger partial charge in [-0.25, -0.2) is 0 Å². The maximum atomic E-state index is 5.98. The van der Waals surface area contributed by atoms with Crippen molar-refractivity contribution in [3.63, 3.8) is 0 Å². The molecule has 0 aliphatic heterocycles.